The van der Waals surface area contributed by atoms with Gasteiger partial charge in [0.05, 0.1) is 11.6 Å². The number of carbonyl (C=O) groups excluding carboxylic acids is 1. The molecule has 1 aromatic heterocycles. The van der Waals surface area contributed by atoms with Crippen molar-refractivity contribution in [3.8, 4) is 0 Å². The molecule has 2 bridgehead atoms. The van der Waals surface area contributed by atoms with Crippen LogP contribution in [0.2, 0.25) is 0 Å². The lowest BCUT2D eigenvalue weighted by molar-refractivity contribution is -0.0652. The summed E-state index contributed by atoms with van der Waals surface area (Å²) in [6.45, 7) is 3.28. The summed E-state index contributed by atoms with van der Waals surface area (Å²) < 4.78 is 1.87. The van der Waals surface area contributed by atoms with Crippen LogP contribution in [0.15, 0.2) is 18.5 Å². The van der Waals surface area contributed by atoms with Gasteiger partial charge in [0.1, 0.15) is 0 Å². The molecule has 3 rings (SSSR count). The Kier molecular flexibility index (Phi) is 1.79. The van der Waals surface area contributed by atoms with Gasteiger partial charge in [0.15, 0.2) is 0 Å². The molecule has 2 fully saturated rings. The molecule has 3 heterocycles. The predicted octanol–water partition coefficient (Wildman–Crippen LogP) is 0.497. The largest absolute Gasteiger partial charge is 0.344 e. The number of fused-ring (bicyclic) bond motifs is 2. The van der Waals surface area contributed by atoms with E-state index in [-0.39, 0.29) is 17.6 Å². The molecular formula is C10H14N4O2. The number of rotatable bonds is 1. The highest BCUT2D eigenvalue weighted by Gasteiger charge is 2.49. The van der Waals surface area contributed by atoms with E-state index in [2.05, 4.69) is 12.0 Å². The van der Waals surface area contributed by atoms with Crippen molar-refractivity contribution in [1.29, 1.82) is 0 Å². The molecule has 1 N–H and O–H groups in total. The predicted molar refractivity (Wildman–Crippen MR) is 54.9 cm³/mol. The standard InChI is InChI=1S/C10H14N4O2/c1-10(13-4-2-3-11-13)5-8-6-12(7-10)9(15)14(8)16/h2-4,8,16H,5-7H2,1H3. The number of piperidine rings is 1. The molecule has 0 saturated carbocycles. The normalized spacial score (nSPS) is 33.6. The van der Waals surface area contributed by atoms with Crippen molar-refractivity contribution in [2.24, 2.45) is 0 Å². The topological polar surface area (TPSA) is 61.6 Å². The first-order valence-electron chi connectivity index (χ1n) is 5.37. The number of hydrogen-bond acceptors (Lipinski definition) is 3. The zero-order valence-electron chi connectivity index (χ0n) is 9.08. The van der Waals surface area contributed by atoms with E-state index in [0.717, 1.165) is 11.5 Å². The molecule has 2 unspecified atom stereocenters. The van der Waals surface area contributed by atoms with E-state index in [1.807, 2.05) is 16.9 Å². The number of aromatic nitrogens is 2. The van der Waals surface area contributed by atoms with Crippen molar-refractivity contribution in [3.05, 3.63) is 18.5 Å². The van der Waals surface area contributed by atoms with Crippen LogP contribution in [-0.4, -0.2) is 50.1 Å². The smallest absolute Gasteiger partial charge is 0.318 e. The zero-order valence-corrected chi connectivity index (χ0v) is 9.08. The molecular weight excluding hydrogens is 208 g/mol. The Labute approximate surface area is 93.0 Å². The zero-order chi connectivity index (χ0) is 11.3. The molecule has 0 radical (unpaired) electrons. The second-order valence-corrected chi connectivity index (χ2v) is 4.81. The fourth-order valence-corrected chi connectivity index (χ4v) is 2.73. The Balaban J connectivity index is 1.94. The number of amides is 2. The Morgan fingerprint density at radius 1 is 1.62 bits per heavy atom. The van der Waals surface area contributed by atoms with Gasteiger partial charge in [-0.25, -0.2) is 9.86 Å². The van der Waals surface area contributed by atoms with Crippen molar-refractivity contribution in [2.75, 3.05) is 13.1 Å². The van der Waals surface area contributed by atoms with E-state index in [0.29, 0.717) is 13.1 Å². The van der Waals surface area contributed by atoms with Crippen LogP contribution in [0, 0.1) is 0 Å². The van der Waals surface area contributed by atoms with E-state index >= 15 is 0 Å². The molecule has 1 aromatic rings. The third-order valence-corrected chi connectivity index (χ3v) is 3.51. The maximum absolute atomic E-state index is 11.6. The minimum Gasteiger partial charge on any atom is -0.318 e. The molecule has 2 amide bonds. The molecule has 0 spiro atoms. The summed E-state index contributed by atoms with van der Waals surface area (Å²) >= 11 is 0. The number of hydroxylamine groups is 2. The number of nitrogens with zero attached hydrogens (tertiary/aromatic N) is 4. The molecule has 6 nitrogen and oxygen atoms in total. The van der Waals surface area contributed by atoms with E-state index in [1.54, 1.807) is 11.1 Å². The lowest BCUT2D eigenvalue weighted by atomic mass is 9.89. The van der Waals surface area contributed by atoms with Gasteiger partial charge in [0.2, 0.25) is 0 Å². The first kappa shape index (κ1) is 9.65. The van der Waals surface area contributed by atoms with Gasteiger partial charge in [0.25, 0.3) is 0 Å². The summed E-state index contributed by atoms with van der Waals surface area (Å²) in [6, 6.07) is 1.46. The van der Waals surface area contributed by atoms with Crippen LogP contribution >= 0.6 is 0 Å². The third kappa shape index (κ3) is 1.16. The highest BCUT2D eigenvalue weighted by Crippen LogP contribution is 2.34. The molecule has 2 aliphatic heterocycles. The van der Waals surface area contributed by atoms with E-state index in [9.17, 15) is 10.0 Å². The fourth-order valence-electron chi connectivity index (χ4n) is 2.73. The van der Waals surface area contributed by atoms with Crippen LogP contribution in [0.3, 0.4) is 0 Å². The summed E-state index contributed by atoms with van der Waals surface area (Å²) in [5, 5.41) is 14.7. The van der Waals surface area contributed by atoms with Crippen LogP contribution in [0.4, 0.5) is 4.79 Å². The summed E-state index contributed by atoms with van der Waals surface area (Å²) in [6.07, 6.45) is 4.36. The van der Waals surface area contributed by atoms with Gasteiger partial charge in [-0.05, 0) is 19.4 Å². The molecule has 6 heteroatoms. The van der Waals surface area contributed by atoms with Gasteiger partial charge in [0, 0.05) is 25.5 Å². The minimum absolute atomic E-state index is 0.115. The maximum Gasteiger partial charge on any atom is 0.344 e. The summed E-state index contributed by atoms with van der Waals surface area (Å²) in [5.74, 6) is 0. The summed E-state index contributed by atoms with van der Waals surface area (Å²) in [7, 11) is 0. The molecule has 2 aliphatic rings. The van der Waals surface area contributed by atoms with E-state index in [1.165, 1.54) is 0 Å². The molecule has 2 atom stereocenters. The van der Waals surface area contributed by atoms with Crippen LogP contribution in [0.25, 0.3) is 0 Å². The molecule has 16 heavy (non-hydrogen) atoms. The minimum atomic E-state index is -0.291. The van der Waals surface area contributed by atoms with Crippen molar-refractivity contribution in [3.63, 3.8) is 0 Å². The Hall–Kier alpha value is -1.56. The monoisotopic (exact) mass is 222 g/mol. The lowest BCUT2D eigenvalue weighted by Gasteiger charge is -2.38. The van der Waals surface area contributed by atoms with Crippen molar-refractivity contribution < 1.29 is 10.0 Å². The van der Waals surface area contributed by atoms with Crippen molar-refractivity contribution in [2.45, 2.75) is 24.9 Å². The summed E-state index contributed by atoms with van der Waals surface area (Å²) in [4.78, 5) is 13.3. The van der Waals surface area contributed by atoms with Gasteiger partial charge < -0.3 is 4.90 Å². The van der Waals surface area contributed by atoms with Crippen LogP contribution in [0.1, 0.15) is 13.3 Å². The number of carbonyl (C=O) groups is 1. The first-order valence-corrected chi connectivity index (χ1v) is 5.37. The van der Waals surface area contributed by atoms with Gasteiger partial charge >= 0.3 is 6.03 Å². The van der Waals surface area contributed by atoms with Gasteiger partial charge in [-0.2, -0.15) is 5.10 Å². The third-order valence-electron chi connectivity index (χ3n) is 3.51. The van der Waals surface area contributed by atoms with Gasteiger partial charge in [-0.3, -0.25) is 9.89 Å². The number of urea groups is 1. The van der Waals surface area contributed by atoms with Crippen molar-refractivity contribution in [1.82, 2.24) is 19.7 Å². The van der Waals surface area contributed by atoms with Crippen LogP contribution < -0.4 is 0 Å². The highest BCUT2D eigenvalue weighted by molar-refractivity contribution is 5.76. The molecule has 0 aromatic carbocycles. The Bertz CT molecular complexity index is 418. The average Bonchev–Trinajstić information content (AvgIpc) is 2.85. The number of hydrogen-bond donors (Lipinski definition) is 1. The summed E-state index contributed by atoms with van der Waals surface area (Å²) in [5.41, 5.74) is -0.223. The van der Waals surface area contributed by atoms with Gasteiger partial charge in [-0.1, -0.05) is 0 Å². The van der Waals surface area contributed by atoms with Gasteiger partial charge in [-0.15, -0.1) is 0 Å². The average molecular weight is 222 g/mol. The van der Waals surface area contributed by atoms with Crippen LogP contribution in [-0.2, 0) is 5.54 Å². The van der Waals surface area contributed by atoms with Crippen LogP contribution in [0.5, 0.6) is 0 Å². The Morgan fingerprint density at radius 2 is 2.44 bits per heavy atom. The maximum atomic E-state index is 11.6. The highest BCUT2D eigenvalue weighted by atomic mass is 16.5. The molecule has 86 valence electrons. The lowest BCUT2D eigenvalue weighted by Crippen LogP contribution is -2.49. The molecule has 2 saturated heterocycles. The fraction of sp³-hybridized carbons (Fsp3) is 0.600. The van der Waals surface area contributed by atoms with E-state index < -0.39 is 0 Å². The SMILES string of the molecule is CC1(n2cccn2)CC2CN(C1)C(=O)N2O. The second-order valence-electron chi connectivity index (χ2n) is 4.81. The van der Waals surface area contributed by atoms with E-state index in [4.69, 9.17) is 0 Å². The molecule has 0 aliphatic carbocycles. The quantitative estimate of drug-likeness (QED) is 0.704. The second kappa shape index (κ2) is 2.98. The Morgan fingerprint density at radius 3 is 3.06 bits per heavy atom. The van der Waals surface area contributed by atoms with Crippen molar-refractivity contribution >= 4 is 6.03 Å². The first-order chi connectivity index (χ1) is 7.60.